The number of amides is 4. The van der Waals surface area contributed by atoms with Crippen LogP contribution in [0.15, 0.2) is 42.6 Å². The Labute approximate surface area is 338 Å². The van der Waals surface area contributed by atoms with Gasteiger partial charge in [0.15, 0.2) is 5.69 Å². The lowest BCUT2D eigenvalue weighted by molar-refractivity contribution is -0.141. The second-order valence-corrected chi connectivity index (χ2v) is 14.8. The minimum absolute atomic E-state index is 0.0649. The number of halogens is 3. The number of aromatic nitrogens is 4. The van der Waals surface area contributed by atoms with E-state index in [4.69, 9.17) is 9.47 Å². The van der Waals surface area contributed by atoms with E-state index in [1.165, 1.54) is 19.1 Å². The number of alkyl carbamates (subject to hydrolysis) is 2. The van der Waals surface area contributed by atoms with Gasteiger partial charge in [-0.2, -0.15) is 13.2 Å². The van der Waals surface area contributed by atoms with Gasteiger partial charge in [0.2, 0.25) is 11.8 Å². The monoisotopic (exact) mass is 820 g/mol. The predicted octanol–water partition coefficient (Wildman–Crippen LogP) is 5.84. The average Bonchev–Trinajstić information content (AvgIpc) is 4.06. The molecule has 2 saturated heterocycles. The van der Waals surface area contributed by atoms with E-state index in [1.807, 2.05) is 38.1 Å². The smallest absolute Gasteiger partial charge is 0.436 e. The molecule has 4 N–H and O–H groups in total. The first-order valence-electron chi connectivity index (χ1n) is 19.2. The number of methoxy groups -OCH3 is 3. The number of H-pyrrole nitrogens is 2. The van der Waals surface area contributed by atoms with E-state index in [0.29, 0.717) is 37.2 Å². The Morgan fingerprint density at radius 1 is 0.814 bits per heavy atom. The number of hydrogen-bond donors (Lipinski definition) is 4. The van der Waals surface area contributed by atoms with Crippen LogP contribution in [-0.4, -0.2) is 106 Å². The van der Waals surface area contributed by atoms with Gasteiger partial charge in [-0.3, -0.25) is 9.59 Å². The average molecular weight is 821 g/mol. The van der Waals surface area contributed by atoms with Gasteiger partial charge in [-0.05, 0) is 73.4 Å². The van der Waals surface area contributed by atoms with Crippen molar-refractivity contribution < 1.29 is 46.6 Å². The maximum atomic E-state index is 14.3. The SMILES string of the molecule is COC(=O)N[C@H](C(=O)N1CCCC1c1ncc(-c2ccc3cc(C#Cc4[nH]c(C5CCCN5C(=O)[C@@H](NC(=O)OC)[C@@H](C)OC)nc4C(F)(F)F)ccc3c2)[nH]1)C(C)C. The minimum Gasteiger partial charge on any atom is -0.453 e. The van der Waals surface area contributed by atoms with Gasteiger partial charge in [0.05, 0.1) is 44.3 Å². The van der Waals surface area contributed by atoms with Crippen molar-refractivity contribution in [3.05, 3.63) is 71.2 Å². The van der Waals surface area contributed by atoms with Crippen molar-refractivity contribution in [3.63, 3.8) is 0 Å². The number of hydrogen-bond acceptors (Lipinski definition) is 9. The zero-order chi connectivity index (χ0) is 42.6. The third-order valence-electron chi connectivity index (χ3n) is 10.7. The molecule has 6 rings (SSSR count). The quantitative estimate of drug-likeness (QED) is 0.143. The maximum absolute atomic E-state index is 14.3. The van der Waals surface area contributed by atoms with Gasteiger partial charge in [-0.1, -0.05) is 38.0 Å². The second kappa shape index (κ2) is 17.8. The Balaban J connectivity index is 1.20. The predicted molar refractivity (Wildman–Crippen MR) is 208 cm³/mol. The number of fused-ring (bicyclic) bond motifs is 1. The Hall–Kier alpha value is -6.09. The molecular formula is C41H47F3N8O7. The normalized spacial score (nSPS) is 18.3. The molecule has 2 aromatic heterocycles. The molecule has 2 fully saturated rings. The van der Waals surface area contributed by atoms with Crippen molar-refractivity contribution in [3.8, 4) is 23.1 Å². The maximum Gasteiger partial charge on any atom is 0.436 e. The van der Waals surface area contributed by atoms with Crippen molar-refractivity contribution in [2.45, 2.75) is 82.9 Å². The third-order valence-corrected chi connectivity index (χ3v) is 10.7. The standard InChI is InChI=1S/C41H47F3N8O7/c1-22(2)32(48-39(55)58-5)37(53)51-17-7-9-30(51)35-45-21-29(47-35)27-15-14-25-19-24(11-13-26(25)20-27)12-16-28-34(41(42,43)44)50-36(46-28)31-10-8-18-52(31)38(54)33(23(3)57-4)49-40(56)59-6/h11,13-15,19-23,30-33H,7-10,17-18H2,1-6H3,(H,45,47)(H,46,50)(H,48,55)(H,49,56)/t23-,30?,31?,32+,33+/m1/s1. The summed E-state index contributed by atoms with van der Waals surface area (Å²) >= 11 is 0. The van der Waals surface area contributed by atoms with Crippen LogP contribution < -0.4 is 10.6 Å². The van der Waals surface area contributed by atoms with Gasteiger partial charge in [0, 0.05) is 31.3 Å². The van der Waals surface area contributed by atoms with Crippen LogP contribution in [0.25, 0.3) is 22.0 Å². The fourth-order valence-electron chi connectivity index (χ4n) is 7.51. The van der Waals surface area contributed by atoms with Gasteiger partial charge in [-0.15, -0.1) is 0 Å². The summed E-state index contributed by atoms with van der Waals surface area (Å²) in [5.41, 5.74) is 0.406. The molecule has 15 nitrogen and oxygen atoms in total. The molecule has 314 valence electrons. The Morgan fingerprint density at radius 2 is 1.41 bits per heavy atom. The molecule has 4 heterocycles. The molecule has 2 aliphatic rings. The van der Waals surface area contributed by atoms with Gasteiger partial charge >= 0.3 is 18.4 Å². The number of nitrogens with one attached hydrogen (secondary N) is 4. The molecule has 0 spiro atoms. The summed E-state index contributed by atoms with van der Waals surface area (Å²) in [4.78, 5) is 68.8. The van der Waals surface area contributed by atoms with E-state index in [-0.39, 0.29) is 30.2 Å². The molecule has 0 saturated carbocycles. The largest absolute Gasteiger partial charge is 0.453 e. The molecular weight excluding hydrogens is 773 g/mol. The highest BCUT2D eigenvalue weighted by molar-refractivity contribution is 5.89. The fraction of sp³-hybridized carbons (Fsp3) is 0.463. The van der Waals surface area contributed by atoms with E-state index >= 15 is 0 Å². The van der Waals surface area contributed by atoms with Gasteiger partial charge < -0.3 is 44.6 Å². The molecule has 5 atom stereocenters. The number of carbonyl (C=O) groups is 4. The molecule has 0 radical (unpaired) electrons. The lowest BCUT2D eigenvalue weighted by Crippen LogP contribution is -2.54. The third kappa shape index (κ3) is 9.30. The Kier molecular flexibility index (Phi) is 12.8. The van der Waals surface area contributed by atoms with Crippen LogP contribution >= 0.6 is 0 Å². The first-order chi connectivity index (χ1) is 28.1. The number of benzene rings is 2. The number of likely N-dealkylation sites (tertiary alicyclic amines) is 2. The van der Waals surface area contributed by atoms with Crippen LogP contribution in [0.4, 0.5) is 22.8 Å². The van der Waals surface area contributed by atoms with E-state index < -0.39 is 59.9 Å². The Bertz CT molecular complexity index is 2260. The van der Waals surface area contributed by atoms with Crippen LogP contribution in [0.3, 0.4) is 0 Å². The number of nitrogens with zero attached hydrogens (tertiary/aromatic N) is 4. The number of aromatic amines is 2. The van der Waals surface area contributed by atoms with Crippen molar-refractivity contribution in [2.75, 3.05) is 34.4 Å². The molecule has 59 heavy (non-hydrogen) atoms. The summed E-state index contributed by atoms with van der Waals surface area (Å²) in [7, 11) is 3.78. The second-order valence-electron chi connectivity index (χ2n) is 14.8. The molecule has 2 unspecified atom stereocenters. The first-order valence-corrected chi connectivity index (χ1v) is 19.2. The number of carbonyl (C=O) groups excluding carboxylic acids is 4. The van der Waals surface area contributed by atoms with Crippen LogP contribution in [-0.2, 0) is 30.0 Å². The number of alkyl halides is 3. The summed E-state index contributed by atoms with van der Waals surface area (Å²) < 4.78 is 57.5. The van der Waals surface area contributed by atoms with Crippen molar-refractivity contribution in [2.24, 2.45) is 5.92 Å². The summed E-state index contributed by atoms with van der Waals surface area (Å²) in [5.74, 6) is 5.11. The molecule has 2 aliphatic heterocycles. The summed E-state index contributed by atoms with van der Waals surface area (Å²) in [6.07, 6.45) is -3.07. The Morgan fingerprint density at radius 3 is 2.02 bits per heavy atom. The van der Waals surface area contributed by atoms with E-state index in [9.17, 15) is 32.3 Å². The highest BCUT2D eigenvalue weighted by Gasteiger charge is 2.42. The molecule has 18 heteroatoms. The highest BCUT2D eigenvalue weighted by Crippen LogP contribution is 2.37. The summed E-state index contributed by atoms with van der Waals surface area (Å²) in [5, 5.41) is 6.76. The molecule has 0 aliphatic carbocycles. The summed E-state index contributed by atoms with van der Waals surface area (Å²) in [6, 6.07) is 8.00. The molecule has 4 aromatic rings. The number of rotatable bonds is 10. The van der Waals surface area contributed by atoms with Crippen molar-refractivity contribution >= 4 is 34.8 Å². The van der Waals surface area contributed by atoms with Crippen LogP contribution in [0.5, 0.6) is 0 Å². The topological polar surface area (TPSA) is 184 Å². The number of ether oxygens (including phenoxy) is 3. The van der Waals surface area contributed by atoms with Crippen LogP contribution in [0.2, 0.25) is 0 Å². The lowest BCUT2D eigenvalue weighted by Gasteiger charge is -2.30. The zero-order valence-corrected chi connectivity index (χ0v) is 33.5. The van der Waals surface area contributed by atoms with E-state index in [2.05, 4.69) is 47.1 Å². The molecule has 0 bridgehead atoms. The van der Waals surface area contributed by atoms with E-state index in [1.54, 1.807) is 30.2 Å². The van der Waals surface area contributed by atoms with Crippen molar-refractivity contribution in [1.29, 1.82) is 0 Å². The molecule has 4 amide bonds. The molecule has 2 aromatic carbocycles. The van der Waals surface area contributed by atoms with Crippen molar-refractivity contribution in [1.82, 2.24) is 40.4 Å². The lowest BCUT2D eigenvalue weighted by atomic mass is 10.0. The number of imidazole rings is 2. The van der Waals surface area contributed by atoms with Crippen LogP contribution in [0, 0.1) is 17.8 Å². The fourth-order valence-corrected chi connectivity index (χ4v) is 7.51. The van der Waals surface area contributed by atoms with Gasteiger partial charge in [0.25, 0.3) is 0 Å². The van der Waals surface area contributed by atoms with Gasteiger partial charge in [-0.25, -0.2) is 19.6 Å². The zero-order valence-electron chi connectivity index (χ0n) is 33.5. The minimum atomic E-state index is -4.83. The highest BCUT2D eigenvalue weighted by atomic mass is 19.4. The first kappa shape index (κ1) is 42.5. The van der Waals surface area contributed by atoms with Gasteiger partial charge in [0.1, 0.15) is 29.4 Å². The summed E-state index contributed by atoms with van der Waals surface area (Å²) in [6.45, 7) is 6.06. The van der Waals surface area contributed by atoms with E-state index in [0.717, 1.165) is 35.6 Å². The van der Waals surface area contributed by atoms with Crippen LogP contribution in [0.1, 0.15) is 87.1 Å².